The van der Waals surface area contributed by atoms with Crippen molar-refractivity contribution in [3.05, 3.63) is 92.2 Å². The highest BCUT2D eigenvalue weighted by molar-refractivity contribution is 7.99. The molecule has 0 bridgehead atoms. The fraction of sp³-hybridized carbons (Fsp3) is 0.200. The first kappa shape index (κ1) is 40.5. The first-order valence-electron chi connectivity index (χ1n) is 15.0. The minimum atomic E-state index is -3.92. The summed E-state index contributed by atoms with van der Waals surface area (Å²) in [5, 5.41) is 12.1. The van der Waals surface area contributed by atoms with Crippen molar-refractivity contribution in [2.24, 2.45) is 0 Å². The van der Waals surface area contributed by atoms with E-state index in [1.807, 2.05) is 6.07 Å². The molecule has 0 fully saturated rings. The second-order valence-electron chi connectivity index (χ2n) is 9.71. The van der Waals surface area contributed by atoms with Crippen LogP contribution < -0.4 is 0 Å². The van der Waals surface area contributed by atoms with Crippen LogP contribution in [-0.2, 0) is 49.2 Å². The molecule has 6 aromatic rings. The molecule has 6 aromatic heterocycles. The maximum absolute atomic E-state index is 11.9. The lowest BCUT2D eigenvalue weighted by molar-refractivity contribution is -0.138. The summed E-state index contributed by atoms with van der Waals surface area (Å²) in [5.41, 5.74) is 0. The van der Waals surface area contributed by atoms with Crippen LogP contribution in [0.4, 0.5) is 0 Å². The maximum atomic E-state index is 11.9. The smallest absolute Gasteiger partial charge is 0.321 e. The van der Waals surface area contributed by atoms with Crippen molar-refractivity contribution >= 4 is 50.3 Å². The third kappa shape index (κ3) is 12.2. The lowest BCUT2D eigenvalue weighted by Gasteiger charge is -2.04. The first-order valence-corrected chi connectivity index (χ1v) is 18.9. The Labute approximate surface area is 313 Å². The largest absolute Gasteiger partial charge is 0.468 e. The maximum Gasteiger partial charge on any atom is 0.321 e. The van der Waals surface area contributed by atoms with Crippen LogP contribution >= 0.6 is 11.8 Å². The molecule has 6 rings (SSSR count). The van der Waals surface area contributed by atoms with E-state index in [9.17, 15) is 27.0 Å². The first-order chi connectivity index (χ1) is 26.0. The Morgan fingerprint density at radius 1 is 0.667 bits per heavy atom. The van der Waals surface area contributed by atoms with E-state index >= 15 is 0 Å². The number of rotatable bonds is 12. The Bertz CT molecular complexity index is 2260. The van der Waals surface area contributed by atoms with Crippen molar-refractivity contribution in [1.82, 2.24) is 59.2 Å². The van der Waals surface area contributed by atoms with Crippen molar-refractivity contribution in [2.45, 2.75) is 15.5 Å². The number of carbonyl (C=O) groups is 3. The molecule has 282 valence electrons. The van der Waals surface area contributed by atoms with E-state index in [1.165, 1.54) is 60.0 Å². The predicted molar refractivity (Wildman–Crippen MR) is 188 cm³/mol. The molecule has 21 nitrogen and oxygen atoms in total. The zero-order chi connectivity index (χ0) is 38.9. The normalized spacial score (nSPS) is 11.2. The minimum Gasteiger partial charge on any atom is -0.468 e. The zero-order valence-corrected chi connectivity index (χ0v) is 31.0. The number of esters is 3. The minimum absolute atomic E-state index is 0.0772. The van der Waals surface area contributed by atoms with Gasteiger partial charge in [-0.05, 0) is 18.2 Å². The predicted octanol–water partition coefficient (Wildman–Crippen LogP) is 0.479. The van der Waals surface area contributed by atoms with E-state index < -0.39 is 43.5 Å². The summed E-state index contributed by atoms with van der Waals surface area (Å²) < 4.78 is 53.4. The molecule has 0 aliphatic rings. The van der Waals surface area contributed by atoms with E-state index in [-0.39, 0.29) is 22.6 Å². The van der Waals surface area contributed by atoms with Crippen molar-refractivity contribution in [1.29, 1.82) is 0 Å². The van der Waals surface area contributed by atoms with E-state index in [1.54, 1.807) is 66.1 Å². The van der Waals surface area contributed by atoms with Crippen molar-refractivity contribution < 1.29 is 41.2 Å². The van der Waals surface area contributed by atoms with E-state index in [0.717, 1.165) is 7.11 Å². The van der Waals surface area contributed by atoms with Gasteiger partial charge in [-0.3, -0.25) is 18.6 Å². The van der Waals surface area contributed by atoms with Crippen molar-refractivity contribution in [2.75, 3.05) is 38.6 Å². The van der Waals surface area contributed by atoms with E-state index in [4.69, 9.17) is 0 Å². The number of thioether (sulfide) groups is 1. The van der Waals surface area contributed by atoms with Gasteiger partial charge >= 0.3 is 17.9 Å². The molecule has 1 atom stereocenters. The molecule has 0 N–H and O–H groups in total. The Hall–Kier alpha value is -6.27. The summed E-state index contributed by atoms with van der Waals surface area (Å²) in [4.78, 5) is 56.9. The van der Waals surface area contributed by atoms with Gasteiger partial charge in [-0.1, -0.05) is 11.8 Å². The summed E-state index contributed by atoms with van der Waals surface area (Å²) in [6.07, 6.45) is 14.3. The molecule has 1 unspecified atom stereocenters. The lowest BCUT2D eigenvalue weighted by atomic mass is 10.6. The fourth-order valence-corrected chi connectivity index (χ4v) is 6.12. The number of aromatic nitrogens is 12. The van der Waals surface area contributed by atoms with Crippen molar-refractivity contribution in [3.63, 3.8) is 0 Å². The van der Waals surface area contributed by atoms with Gasteiger partial charge in [0.25, 0.3) is 0 Å². The van der Waals surface area contributed by atoms with Gasteiger partial charge in [0.15, 0.2) is 28.4 Å². The molecule has 0 aromatic carbocycles. The Balaban J connectivity index is 0.000000181. The van der Waals surface area contributed by atoms with Crippen LogP contribution in [0.3, 0.4) is 0 Å². The highest BCUT2D eigenvalue weighted by atomic mass is 32.2. The summed E-state index contributed by atoms with van der Waals surface area (Å²) >= 11 is 1.23. The fourth-order valence-electron chi connectivity index (χ4n) is 3.61. The molecular weight excluding hydrogens is 769 g/mol. The molecule has 0 spiro atoms. The molecule has 0 saturated carbocycles. The van der Waals surface area contributed by atoms with Crippen LogP contribution in [-0.4, -0.2) is 128 Å². The van der Waals surface area contributed by atoms with E-state index in [2.05, 4.69) is 59.4 Å². The number of ether oxygens (including phenoxy) is 3. The SMILES string of the molecule is COC(=O)CS(=O)(=O)c1nccc(-n2cccn2)n1.COC(=O)CS(=O)c1nccc(-n2cccn2)n1.COC(=O)CSc1nccc(-n2cccn2)n1. The van der Waals surface area contributed by atoms with Crippen LogP contribution in [0, 0.1) is 0 Å². The molecular formula is C30H30N12O9S3. The Kier molecular flexibility index (Phi) is 15.1. The van der Waals surface area contributed by atoms with Crippen molar-refractivity contribution in [3.8, 4) is 17.5 Å². The standard InChI is InChI=1S/C10H10N4O4S.C10H10N4O3S.C10H10N4O2S/c1-18-9(15)7-19(16,17)10-11-5-3-8(13-10)14-6-2-4-12-14;1-17-9(15)7-18(16)10-11-5-3-8(13-10)14-6-2-4-12-14;1-16-9(15)7-17-10-11-5-3-8(13-10)14-6-2-4-12-14/h2-6H,7H2,1H3;2-6H,7H2,1H3;2-6H,7H2,1H3. The van der Waals surface area contributed by atoms with Gasteiger partial charge in [-0.25, -0.2) is 47.4 Å². The van der Waals surface area contributed by atoms with Gasteiger partial charge in [-0.15, -0.1) is 0 Å². The van der Waals surface area contributed by atoms with Gasteiger partial charge in [0.1, 0.15) is 16.6 Å². The van der Waals surface area contributed by atoms with Crippen LogP contribution in [0.15, 0.2) is 108 Å². The number of hydrogen-bond donors (Lipinski definition) is 0. The Morgan fingerprint density at radius 2 is 1.17 bits per heavy atom. The van der Waals surface area contributed by atoms with Gasteiger partial charge in [-0.2, -0.15) is 20.3 Å². The lowest BCUT2D eigenvalue weighted by Crippen LogP contribution is -2.20. The highest BCUT2D eigenvalue weighted by Crippen LogP contribution is 2.14. The quantitative estimate of drug-likeness (QED) is 0.0705. The van der Waals surface area contributed by atoms with Gasteiger partial charge < -0.3 is 14.2 Å². The van der Waals surface area contributed by atoms with E-state index in [0.29, 0.717) is 22.6 Å². The number of hydrogen-bond acceptors (Lipinski definition) is 19. The third-order valence-electron chi connectivity index (χ3n) is 6.11. The third-order valence-corrected chi connectivity index (χ3v) is 9.42. The van der Waals surface area contributed by atoms with Crippen LogP contribution in [0.2, 0.25) is 0 Å². The second-order valence-corrected chi connectivity index (χ2v) is 13.9. The molecule has 0 aliphatic heterocycles. The number of sulfone groups is 1. The van der Waals surface area contributed by atoms with Crippen LogP contribution in [0.1, 0.15) is 0 Å². The molecule has 0 radical (unpaired) electrons. The number of methoxy groups -OCH3 is 3. The van der Waals surface area contributed by atoms with Gasteiger partial charge in [0.05, 0.1) is 27.1 Å². The zero-order valence-electron chi connectivity index (χ0n) is 28.5. The van der Waals surface area contributed by atoms with Gasteiger partial charge in [0, 0.05) is 74.0 Å². The summed E-state index contributed by atoms with van der Waals surface area (Å²) in [6, 6.07) is 10.1. The monoisotopic (exact) mass is 798 g/mol. The number of carbonyl (C=O) groups excluding carboxylic acids is 3. The average Bonchev–Trinajstić information content (AvgIpc) is 4.03. The molecule has 0 saturated heterocycles. The molecule has 0 amide bonds. The average molecular weight is 799 g/mol. The molecule has 24 heteroatoms. The highest BCUT2D eigenvalue weighted by Gasteiger charge is 2.23. The molecule has 6 heterocycles. The number of nitrogens with zero attached hydrogens (tertiary/aromatic N) is 12. The topological polar surface area (TPSA) is 261 Å². The summed E-state index contributed by atoms with van der Waals surface area (Å²) in [7, 11) is -1.85. The van der Waals surface area contributed by atoms with Gasteiger partial charge in [0.2, 0.25) is 20.2 Å². The molecule has 54 heavy (non-hydrogen) atoms. The summed E-state index contributed by atoms with van der Waals surface area (Å²) in [6.45, 7) is 0. The van der Waals surface area contributed by atoms with Crippen LogP contribution in [0.25, 0.3) is 17.5 Å². The Morgan fingerprint density at radius 3 is 1.69 bits per heavy atom. The van der Waals surface area contributed by atoms with Crippen LogP contribution in [0.5, 0.6) is 0 Å². The second kappa shape index (κ2) is 20.1. The summed E-state index contributed by atoms with van der Waals surface area (Å²) in [5.74, 6) is -1.16. The molecule has 0 aliphatic carbocycles.